The van der Waals surface area contributed by atoms with Crippen molar-refractivity contribution in [1.29, 1.82) is 5.26 Å². The molecule has 94 valence electrons. The molecule has 0 bridgehead atoms. The van der Waals surface area contributed by atoms with E-state index in [-0.39, 0.29) is 18.5 Å². The van der Waals surface area contributed by atoms with E-state index in [9.17, 15) is 4.79 Å². The molecule has 6 heteroatoms. The third-order valence-electron chi connectivity index (χ3n) is 2.97. The number of amides is 1. The molecule has 1 aromatic heterocycles. The number of anilines is 1. The summed E-state index contributed by atoms with van der Waals surface area (Å²) in [7, 11) is 0. The van der Waals surface area contributed by atoms with Gasteiger partial charge in [-0.25, -0.2) is 10.8 Å². The molecule has 2 N–H and O–H groups in total. The van der Waals surface area contributed by atoms with Crippen LogP contribution in [0.3, 0.4) is 0 Å². The van der Waals surface area contributed by atoms with Crippen LogP contribution in [0, 0.1) is 11.3 Å². The van der Waals surface area contributed by atoms with E-state index in [1.165, 1.54) is 5.01 Å². The van der Waals surface area contributed by atoms with Crippen molar-refractivity contribution in [3.05, 3.63) is 24.4 Å². The van der Waals surface area contributed by atoms with Gasteiger partial charge in [0.05, 0.1) is 6.07 Å². The van der Waals surface area contributed by atoms with E-state index in [1.54, 1.807) is 29.3 Å². The molecule has 2 rings (SSSR count). The molecule has 1 saturated heterocycles. The molecule has 1 atom stereocenters. The van der Waals surface area contributed by atoms with Gasteiger partial charge in [0.2, 0.25) is 5.91 Å². The van der Waals surface area contributed by atoms with Crippen LogP contribution in [0.5, 0.6) is 0 Å². The van der Waals surface area contributed by atoms with Crippen molar-refractivity contribution in [2.45, 2.75) is 18.9 Å². The first-order valence-electron chi connectivity index (χ1n) is 5.84. The van der Waals surface area contributed by atoms with E-state index < -0.39 is 0 Å². The average molecular weight is 245 g/mol. The highest BCUT2D eigenvalue weighted by Crippen LogP contribution is 2.17. The van der Waals surface area contributed by atoms with Crippen LogP contribution in [0.4, 0.5) is 5.82 Å². The Morgan fingerprint density at radius 1 is 1.67 bits per heavy atom. The summed E-state index contributed by atoms with van der Waals surface area (Å²) in [6.07, 6.45) is 3.24. The Morgan fingerprint density at radius 2 is 2.50 bits per heavy atom. The molecule has 1 unspecified atom stereocenters. The molecule has 0 aromatic carbocycles. The standard InChI is InChI=1S/C12H15N5O/c13-8-10-4-3-7-16(10)12(18)9-17(14)11-5-1-2-6-15-11/h1-2,5-6,10H,3-4,7,9,14H2. The molecule has 6 nitrogen and oxygen atoms in total. The Bertz CT molecular complexity index is 455. The van der Waals surface area contributed by atoms with Crippen LogP contribution < -0.4 is 10.9 Å². The van der Waals surface area contributed by atoms with Gasteiger partial charge in [0, 0.05) is 12.7 Å². The van der Waals surface area contributed by atoms with Gasteiger partial charge in [-0.3, -0.25) is 9.80 Å². The second-order valence-corrected chi connectivity index (χ2v) is 4.19. The van der Waals surface area contributed by atoms with Crippen LogP contribution in [0.15, 0.2) is 24.4 Å². The summed E-state index contributed by atoms with van der Waals surface area (Å²) in [5.41, 5.74) is 0. The first-order valence-corrected chi connectivity index (χ1v) is 5.84. The fourth-order valence-electron chi connectivity index (χ4n) is 2.04. The highest BCUT2D eigenvalue weighted by Gasteiger charge is 2.29. The van der Waals surface area contributed by atoms with Gasteiger partial charge in [-0.05, 0) is 25.0 Å². The summed E-state index contributed by atoms with van der Waals surface area (Å²) in [6, 6.07) is 7.15. The zero-order valence-electron chi connectivity index (χ0n) is 9.99. The van der Waals surface area contributed by atoms with Crippen molar-refractivity contribution in [3.8, 4) is 6.07 Å². The van der Waals surface area contributed by atoms with Crippen LogP contribution in [0.25, 0.3) is 0 Å². The van der Waals surface area contributed by atoms with Gasteiger partial charge < -0.3 is 4.90 Å². The van der Waals surface area contributed by atoms with E-state index in [1.807, 2.05) is 0 Å². The first-order chi connectivity index (χ1) is 8.72. The Kier molecular flexibility index (Phi) is 3.75. The van der Waals surface area contributed by atoms with Crippen LogP contribution in [-0.4, -0.2) is 34.9 Å². The van der Waals surface area contributed by atoms with Gasteiger partial charge in [0.15, 0.2) is 0 Å². The second kappa shape index (κ2) is 5.47. The molecule has 0 spiro atoms. The topological polar surface area (TPSA) is 86.2 Å². The van der Waals surface area contributed by atoms with E-state index >= 15 is 0 Å². The molecule has 1 aliphatic rings. The Hall–Kier alpha value is -2.13. The van der Waals surface area contributed by atoms with Crippen molar-refractivity contribution in [3.63, 3.8) is 0 Å². The lowest BCUT2D eigenvalue weighted by Crippen LogP contribution is -2.45. The lowest BCUT2D eigenvalue weighted by atomic mass is 10.2. The third-order valence-corrected chi connectivity index (χ3v) is 2.97. The first kappa shape index (κ1) is 12.3. The highest BCUT2D eigenvalue weighted by atomic mass is 16.2. The number of likely N-dealkylation sites (tertiary alicyclic amines) is 1. The number of rotatable bonds is 3. The van der Waals surface area contributed by atoms with Gasteiger partial charge in [-0.1, -0.05) is 6.07 Å². The van der Waals surface area contributed by atoms with Gasteiger partial charge in [0.25, 0.3) is 0 Å². The summed E-state index contributed by atoms with van der Waals surface area (Å²) in [6.45, 7) is 0.669. The molecule has 1 fully saturated rings. The van der Waals surface area contributed by atoms with Gasteiger partial charge >= 0.3 is 0 Å². The normalized spacial score (nSPS) is 18.4. The molecule has 0 aliphatic carbocycles. The van der Waals surface area contributed by atoms with Crippen molar-refractivity contribution in [2.24, 2.45) is 5.84 Å². The summed E-state index contributed by atoms with van der Waals surface area (Å²) < 4.78 is 0. The Morgan fingerprint density at radius 3 is 3.17 bits per heavy atom. The van der Waals surface area contributed by atoms with Crippen LogP contribution in [-0.2, 0) is 4.79 Å². The molecule has 2 heterocycles. The number of hydrogen-bond donors (Lipinski definition) is 1. The zero-order chi connectivity index (χ0) is 13.0. The molecule has 1 amide bonds. The van der Waals surface area contributed by atoms with Crippen molar-refractivity contribution >= 4 is 11.7 Å². The minimum atomic E-state index is -0.311. The predicted molar refractivity (Wildman–Crippen MR) is 66.1 cm³/mol. The fourth-order valence-corrected chi connectivity index (χ4v) is 2.04. The fraction of sp³-hybridized carbons (Fsp3) is 0.417. The van der Waals surface area contributed by atoms with E-state index in [4.69, 9.17) is 11.1 Å². The number of carbonyl (C=O) groups is 1. The molecule has 0 radical (unpaired) electrons. The van der Waals surface area contributed by atoms with Crippen molar-refractivity contribution in [1.82, 2.24) is 9.88 Å². The SMILES string of the molecule is N#CC1CCCN1C(=O)CN(N)c1ccccn1. The third kappa shape index (κ3) is 2.57. The number of hydrazine groups is 1. The highest BCUT2D eigenvalue weighted by molar-refractivity contribution is 5.81. The quantitative estimate of drug-likeness (QED) is 0.610. The van der Waals surface area contributed by atoms with Crippen molar-refractivity contribution < 1.29 is 4.79 Å². The summed E-state index contributed by atoms with van der Waals surface area (Å²) in [4.78, 5) is 17.7. The maximum absolute atomic E-state index is 12.0. The monoisotopic (exact) mass is 245 g/mol. The molecule has 0 saturated carbocycles. The summed E-state index contributed by atoms with van der Waals surface area (Å²) >= 11 is 0. The van der Waals surface area contributed by atoms with Gasteiger partial charge in [0.1, 0.15) is 18.4 Å². The number of pyridine rings is 1. The predicted octanol–water partition coefficient (Wildman–Crippen LogP) is 0.276. The number of hydrogen-bond acceptors (Lipinski definition) is 5. The number of nitriles is 1. The molecular weight excluding hydrogens is 230 g/mol. The summed E-state index contributed by atoms with van der Waals surface area (Å²) in [5.74, 6) is 6.20. The van der Waals surface area contributed by atoms with E-state index in [0.29, 0.717) is 12.4 Å². The lowest BCUT2D eigenvalue weighted by Gasteiger charge is -2.23. The van der Waals surface area contributed by atoms with Crippen LogP contribution in [0.1, 0.15) is 12.8 Å². The minimum absolute atomic E-state index is 0.0369. The molecule has 1 aromatic rings. The smallest absolute Gasteiger partial charge is 0.244 e. The largest absolute Gasteiger partial charge is 0.325 e. The maximum Gasteiger partial charge on any atom is 0.244 e. The number of nitrogens with two attached hydrogens (primary N) is 1. The maximum atomic E-state index is 12.0. The average Bonchev–Trinajstić information content (AvgIpc) is 2.88. The Labute approximate surface area is 106 Å². The lowest BCUT2D eigenvalue weighted by molar-refractivity contribution is -0.129. The molecule has 18 heavy (non-hydrogen) atoms. The summed E-state index contributed by atoms with van der Waals surface area (Å²) in [5, 5.41) is 10.2. The van der Waals surface area contributed by atoms with Crippen LogP contribution >= 0.6 is 0 Å². The van der Waals surface area contributed by atoms with Gasteiger partial charge in [-0.2, -0.15) is 5.26 Å². The zero-order valence-corrected chi connectivity index (χ0v) is 9.99. The van der Waals surface area contributed by atoms with E-state index in [2.05, 4.69) is 11.1 Å². The van der Waals surface area contributed by atoms with E-state index in [0.717, 1.165) is 12.8 Å². The molecular formula is C12H15N5O. The number of nitrogens with zero attached hydrogens (tertiary/aromatic N) is 4. The van der Waals surface area contributed by atoms with Crippen LogP contribution in [0.2, 0.25) is 0 Å². The molecule has 1 aliphatic heterocycles. The number of carbonyl (C=O) groups excluding carboxylic acids is 1. The second-order valence-electron chi connectivity index (χ2n) is 4.19. The van der Waals surface area contributed by atoms with Crippen molar-refractivity contribution in [2.75, 3.05) is 18.1 Å². The minimum Gasteiger partial charge on any atom is -0.325 e. The van der Waals surface area contributed by atoms with Gasteiger partial charge in [-0.15, -0.1) is 0 Å². The Balaban J connectivity index is 1.98. The number of aromatic nitrogens is 1.